The molecule has 2 aromatic carbocycles. The van der Waals surface area contributed by atoms with Crippen molar-refractivity contribution in [3.05, 3.63) is 65.7 Å². The van der Waals surface area contributed by atoms with E-state index in [4.69, 9.17) is 0 Å². The van der Waals surface area contributed by atoms with Gasteiger partial charge in [-0.3, -0.25) is 14.5 Å². The minimum Gasteiger partial charge on any atom is -0.369 e. The van der Waals surface area contributed by atoms with Crippen LogP contribution in [0.4, 0.5) is 5.69 Å². The number of ketones is 1. The number of nitrogens with zero attached hydrogens (tertiary/aromatic N) is 3. The molecular formula is C23H29N3O2. The zero-order valence-electron chi connectivity index (χ0n) is 17.0. The highest BCUT2D eigenvalue weighted by Gasteiger charge is 2.23. The van der Waals surface area contributed by atoms with Crippen LogP contribution in [0.1, 0.15) is 35.8 Å². The zero-order chi connectivity index (χ0) is 20.1. The normalized spacial score (nSPS) is 15.9. The number of benzene rings is 2. The molecule has 0 unspecified atom stereocenters. The Morgan fingerprint density at radius 1 is 0.964 bits per heavy atom. The molecule has 1 aliphatic heterocycles. The van der Waals surface area contributed by atoms with E-state index >= 15 is 0 Å². The van der Waals surface area contributed by atoms with Crippen LogP contribution in [-0.4, -0.2) is 61.3 Å². The number of hydrogen-bond donors (Lipinski definition) is 0. The minimum atomic E-state index is 0.0646. The predicted octanol–water partition coefficient (Wildman–Crippen LogP) is 3.23. The number of carbonyl (C=O) groups excluding carboxylic acids is 2. The summed E-state index contributed by atoms with van der Waals surface area (Å²) in [6, 6.07) is 18.0. The Balaban J connectivity index is 1.51. The van der Waals surface area contributed by atoms with Gasteiger partial charge in [-0.25, -0.2) is 0 Å². The molecule has 3 rings (SSSR count). The van der Waals surface area contributed by atoms with Crippen molar-refractivity contribution in [3.8, 4) is 0 Å². The molecule has 0 aromatic heterocycles. The Morgan fingerprint density at radius 3 is 2.14 bits per heavy atom. The summed E-state index contributed by atoms with van der Waals surface area (Å²) in [6.07, 6.45) is 0. The second-order valence-corrected chi connectivity index (χ2v) is 7.46. The highest BCUT2D eigenvalue weighted by Crippen LogP contribution is 2.20. The summed E-state index contributed by atoms with van der Waals surface area (Å²) in [5.74, 6) is 0.236. The number of likely N-dealkylation sites (N-methyl/N-ethyl adjacent to an activating group) is 1. The van der Waals surface area contributed by atoms with Crippen molar-refractivity contribution in [2.75, 3.05) is 44.7 Å². The SMILES string of the molecule is CC(=O)c1ccc(N2CCN(CC(=O)N(C)[C@@H](C)c3ccccc3)CC2)cc1. The number of piperazine rings is 1. The highest BCUT2D eigenvalue weighted by atomic mass is 16.2. The average molecular weight is 380 g/mol. The van der Waals surface area contributed by atoms with Crippen molar-refractivity contribution >= 4 is 17.4 Å². The first kappa shape index (κ1) is 20.1. The second kappa shape index (κ2) is 9.02. The van der Waals surface area contributed by atoms with Crippen LogP contribution in [0, 0.1) is 0 Å². The summed E-state index contributed by atoms with van der Waals surface area (Å²) in [6.45, 7) is 7.57. The molecule has 2 aromatic rings. The maximum absolute atomic E-state index is 12.7. The van der Waals surface area contributed by atoms with E-state index in [1.54, 1.807) is 6.92 Å². The Labute approximate surface area is 167 Å². The van der Waals surface area contributed by atoms with Crippen molar-refractivity contribution in [3.63, 3.8) is 0 Å². The van der Waals surface area contributed by atoms with E-state index in [9.17, 15) is 9.59 Å². The van der Waals surface area contributed by atoms with Crippen LogP contribution < -0.4 is 4.90 Å². The molecule has 0 spiro atoms. The van der Waals surface area contributed by atoms with Gasteiger partial charge in [-0.1, -0.05) is 30.3 Å². The van der Waals surface area contributed by atoms with Gasteiger partial charge in [0.2, 0.25) is 5.91 Å². The lowest BCUT2D eigenvalue weighted by Gasteiger charge is -2.37. The molecule has 0 N–H and O–H groups in total. The fourth-order valence-corrected chi connectivity index (χ4v) is 3.55. The summed E-state index contributed by atoms with van der Waals surface area (Å²) in [5, 5.41) is 0. The third-order valence-corrected chi connectivity index (χ3v) is 5.63. The maximum atomic E-state index is 12.7. The molecule has 0 bridgehead atoms. The first-order valence-electron chi connectivity index (χ1n) is 9.84. The van der Waals surface area contributed by atoms with Gasteiger partial charge in [0.1, 0.15) is 0 Å². The van der Waals surface area contributed by atoms with E-state index in [1.165, 1.54) is 0 Å². The van der Waals surface area contributed by atoms with Crippen molar-refractivity contribution in [1.82, 2.24) is 9.80 Å². The summed E-state index contributed by atoms with van der Waals surface area (Å²) in [4.78, 5) is 30.5. The molecule has 0 aliphatic carbocycles. The quantitative estimate of drug-likeness (QED) is 0.723. The molecule has 1 aliphatic rings. The number of hydrogen-bond acceptors (Lipinski definition) is 4. The molecule has 28 heavy (non-hydrogen) atoms. The third kappa shape index (κ3) is 4.78. The standard InChI is InChI=1S/C23H29N3O2/c1-18(20-7-5-4-6-8-20)24(3)23(28)17-25-13-15-26(16-14-25)22-11-9-21(10-12-22)19(2)27/h4-12,18H,13-17H2,1-3H3/t18-/m0/s1. The number of carbonyl (C=O) groups is 2. The van der Waals surface area contributed by atoms with Crippen LogP contribution in [0.5, 0.6) is 0 Å². The molecule has 5 nitrogen and oxygen atoms in total. The van der Waals surface area contributed by atoms with E-state index in [1.807, 2.05) is 54.4 Å². The van der Waals surface area contributed by atoms with Crippen LogP contribution in [0.15, 0.2) is 54.6 Å². The minimum absolute atomic E-state index is 0.0646. The smallest absolute Gasteiger partial charge is 0.236 e. The van der Waals surface area contributed by atoms with E-state index in [0.717, 1.165) is 43.0 Å². The van der Waals surface area contributed by atoms with Crippen LogP contribution in [0.25, 0.3) is 0 Å². The van der Waals surface area contributed by atoms with Gasteiger partial charge in [0.15, 0.2) is 5.78 Å². The Hall–Kier alpha value is -2.66. The average Bonchev–Trinajstić information content (AvgIpc) is 2.74. The highest BCUT2D eigenvalue weighted by molar-refractivity contribution is 5.94. The molecule has 148 valence electrons. The molecular weight excluding hydrogens is 350 g/mol. The van der Waals surface area contributed by atoms with E-state index in [0.29, 0.717) is 6.54 Å². The van der Waals surface area contributed by atoms with E-state index < -0.39 is 0 Å². The molecule has 0 radical (unpaired) electrons. The van der Waals surface area contributed by atoms with Gasteiger partial charge in [-0.2, -0.15) is 0 Å². The summed E-state index contributed by atoms with van der Waals surface area (Å²) in [7, 11) is 1.88. The van der Waals surface area contributed by atoms with Crippen molar-refractivity contribution in [2.24, 2.45) is 0 Å². The molecule has 1 fully saturated rings. The van der Waals surface area contributed by atoms with Gasteiger partial charge < -0.3 is 9.80 Å². The van der Waals surface area contributed by atoms with E-state index in [-0.39, 0.29) is 17.7 Å². The van der Waals surface area contributed by atoms with Crippen LogP contribution in [-0.2, 0) is 4.79 Å². The summed E-state index contributed by atoms with van der Waals surface area (Å²) in [5.41, 5.74) is 3.02. The largest absolute Gasteiger partial charge is 0.369 e. The molecule has 1 atom stereocenters. The predicted molar refractivity (Wildman–Crippen MR) is 113 cm³/mol. The molecule has 1 heterocycles. The van der Waals surface area contributed by atoms with Crippen molar-refractivity contribution in [2.45, 2.75) is 19.9 Å². The number of rotatable bonds is 6. The van der Waals surface area contributed by atoms with Crippen LogP contribution >= 0.6 is 0 Å². The zero-order valence-corrected chi connectivity index (χ0v) is 17.0. The Kier molecular flexibility index (Phi) is 6.47. The third-order valence-electron chi connectivity index (χ3n) is 5.63. The lowest BCUT2D eigenvalue weighted by molar-refractivity contribution is -0.133. The number of anilines is 1. The summed E-state index contributed by atoms with van der Waals surface area (Å²) < 4.78 is 0. The van der Waals surface area contributed by atoms with Gasteiger partial charge >= 0.3 is 0 Å². The van der Waals surface area contributed by atoms with Gasteiger partial charge in [0, 0.05) is 44.5 Å². The van der Waals surface area contributed by atoms with Crippen LogP contribution in [0.3, 0.4) is 0 Å². The van der Waals surface area contributed by atoms with Gasteiger partial charge in [0.05, 0.1) is 12.6 Å². The van der Waals surface area contributed by atoms with Gasteiger partial charge in [-0.15, -0.1) is 0 Å². The lowest BCUT2D eigenvalue weighted by Crippen LogP contribution is -2.50. The number of Topliss-reactive ketones (excluding diaryl/α,β-unsaturated/α-hetero) is 1. The fourth-order valence-electron chi connectivity index (χ4n) is 3.55. The van der Waals surface area contributed by atoms with Crippen LogP contribution in [0.2, 0.25) is 0 Å². The molecule has 1 saturated heterocycles. The Morgan fingerprint density at radius 2 is 1.57 bits per heavy atom. The first-order valence-corrected chi connectivity index (χ1v) is 9.84. The van der Waals surface area contributed by atoms with Gasteiger partial charge in [0.25, 0.3) is 0 Å². The maximum Gasteiger partial charge on any atom is 0.236 e. The molecule has 5 heteroatoms. The number of amides is 1. The topological polar surface area (TPSA) is 43.9 Å². The van der Waals surface area contributed by atoms with Gasteiger partial charge in [-0.05, 0) is 43.7 Å². The lowest BCUT2D eigenvalue weighted by atomic mass is 10.1. The fraction of sp³-hybridized carbons (Fsp3) is 0.391. The first-order chi connectivity index (χ1) is 13.5. The Bertz CT molecular complexity index is 796. The van der Waals surface area contributed by atoms with Crippen molar-refractivity contribution < 1.29 is 9.59 Å². The second-order valence-electron chi connectivity index (χ2n) is 7.46. The molecule has 0 saturated carbocycles. The van der Waals surface area contributed by atoms with Crippen molar-refractivity contribution in [1.29, 1.82) is 0 Å². The van der Waals surface area contributed by atoms with E-state index in [2.05, 4.69) is 28.9 Å². The molecule has 1 amide bonds. The monoisotopic (exact) mass is 379 g/mol. The summed E-state index contributed by atoms with van der Waals surface area (Å²) >= 11 is 0.